The minimum Gasteiger partial charge on any atom is -0.308 e. The maximum absolute atomic E-state index is 4.43. The molecule has 0 fully saturated rings. The SMILES string of the molecule is CCCNC(CSC(C)(C)C)c1c(Br)cnn1CC. The number of hydrogen-bond acceptors (Lipinski definition) is 3. The van der Waals surface area contributed by atoms with Crippen LogP contribution in [0, 0.1) is 0 Å². The van der Waals surface area contributed by atoms with Crippen LogP contribution in [0.4, 0.5) is 0 Å². The number of nitrogens with zero attached hydrogens (tertiary/aromatic N) is 2. The van der Waals surface area contributed by atoms with Gasteiger partial charge in [-0.25, -0.2) is 0 Å². The molecular formula is C14H26BrN3S. The van der Waals surface area contributed by atoms with Crippen LogP contribution in [0.3, 0.4) is 0 Å². The van der Waals surface area contributed by atoms with E-state index >= 15 is 0 Å². The minimum absolute atomic E-state index is 0.287. The molecular weight excluding hydrogens is 322 g/mol. The van der Waals surface area contributed by atoms with Crippen molar-refractivity contribution in [1.82, 2.24) is 15.1 Å². The average molecular weight is 348 g/mol. The van der Waals surface area contributed by atoms with Crippen LogP contribution in [0.2, 0.25) is 0 Å². The molecule has 3 nitrogen and oxygen atoms in total. The molecule has 0 amide bonds. The highest BCUT2D eigenvalue weighted by Crippen LogP contribution is 2.31. The summed E-state index contributed by atoms with van der Waals surface area (Å²) in [6.07, 6.45) is 3.05. The fraction of sp³-hybridized carbons (Fsp3) is 0.786. The lowest BCUT2D eigenvalue weighted by atomic mass is 10.2. The molecule has 1 N–H and O–H groups in total. The van der Waals surface area contributed by atoms with E-state index in [0.29, 0.717) is 6.04 Å². The van der Waals surface area contributed by atoms with Gasteiger partial charge in [-0.1, -0.05) is 27.7 Å². The van der Waals surface area contributed by atoms with Gasteiger partial charge in [0.15, 0.2) is 0 Å². The molecule has 19 heavy (non-hydrogen) atoms. The number of aryl methyl sites for hydroxylation is 1. The van der Waals surface area contributed by atoms with Crippen LogP contribution < -0.4 is 5.32 Å². The molecule has 5 heteroatoms. The third kappa shape index (κ3) is 5.48. The van der Waals surface area contributed by atoms with Crippen molar-refractivity contribution in [2.24, 2.45) is 0 Å². The molecule has 1 heterocycles. The molecule has 1 aromatic heterocycles. The normalized spacial score (nSPS) is 13.8. The van der Waals surface area contributed by atoms with Gasteiger partial charge in [-0.15, -0.1) is 0 Å². The van der Waals surface area contributed by atoms with Gasteiger partial charge in [0.1, 0.15) is 0 Å². The highest BCUT2D eigenvalue weighted by molar-refractivity contribution is 9.10. The number of halogens is 1. The maximum atomic E-state index is 4.43. The topological polar surface area (TPSA) is 29.9 Å². The van der Waals surface area contributed by atoms with E-state index in [1.165, 1.54) is 5.69 Å². The van der Waals surface area contributed by atoms with Gasteiger partial charge in [0.05, 0.1) is 22.4 Å². The molecule has 0 aromatic carbocycles. The summed E-state index contributed by atoms with van der Waals surface area (Å²) >= 11 is 5.63. The summed E-state index contributed by atoms with van der Waals surface area (Å²) < 4.78 is 3.48. The first-order valence-electron chi connectivity index (χ1n) is 6.97. The van der Waals surface area contributed by atoms with Gasteiger partial charge in [0.25, 0.3) is 0 Å². The third-order valence-corrected chi connectivity index (χ3v) is 4.76. The van der Waals surface area contributed by atoms with Crippen LogP contribution in [0.25, 0.3) is 0 Å². The van der Waals surface area contributed by atoms with Crippen molar-refractivity contribution in [2.75, 3.05) is 12.3 Å². The first-order valence-corrected chi connectivity index (χ1v) is 8.75. The van der Waals surface area contributed by atoms with E-state index in [0.717, 1.165) is 29.7 Å². The summed E-state index contributed by atoms with van der Waals surface area (Å²) in [5.74, 6) is 1.06. The standard InChI is InChI=1S/C14H26BrN3S/c1-6-8-16-12(10-19-14(3,4)5)13-11(15)9-17-18(13)7-2/h9,12,16H,6-8,10H2,1-5H3. The summed E-state index contributed by atoms with van der Waals surface area (Å²) in [6.45, 7) is 13.1. The van der Waals surface area contributed by atoms with Gasteiger partial charge < -0.3 is 5.32 Å². The highest BCUT2D eigenvalue weighted by Gasteiger charge is 2.22. The van der Waals surface area contributed by atoms with E-state index in [1.807, 2.05) is 18.0 Å². The maximum Gasteiger partial charge on any atom is 0.0703 e. The van der Waals surface area contributed by atoms with Crippen LogP contribution in [-0.2, 0) is 6.54 Å². The molecule has 0 aliphatic carbocycles. The van der Waals surface area contributed by atoms with E-state index < -0.39 is 0 Å². The predicted molar refractivity (Wildman–Crippen MR) is 88.8 cm³/mol. The highest BCUT2D eigenvalue weighted by atomic mass is 79.9. The average Bonchev–Trinajstić information content (AvgIpc) is 2.70. The van der Waals surface area contributed by atoms with Crippen molar-refractivity contribution in [3.05, 3.63) is 16.4 Å². The first kappa shape index (κ1) is 17.1. The lowest BCUT2D eigenvalue weighted by Gasteiger charge is -2.24. The Bertz CT molecular complexity index is 385. The van der Waals surface area contributed by atoms with Crippen molar-refractivity contribution in [3.8, 4) is 0 Å². The zero-order valence-electron chi connectivity index (χ0n) is 12.7. The Balaban J connectivity index is 2.85. The summed E-state index contributed by atoms with van der Waals surface area (Å²) in [5.41, 5.74) is 1.27. The molecule has 0 saturated heterocycles. The number of rotatable bonds is 7. The Labute approximate surface area is 130 Å². The summed E-state index contributed by atoms with van der Waals surface area (Å²) in [7, 11) is 0. The summed E-state index contributed by atoms with van der Waals surface area (Å²) in [4.78, 5) is 0. The fourth-order valence-corrected chi connectivity index (χ4v) is 3.37. The van der Waals surface area contributed by atoms with Crippen molar-refractivity contribution in [2.45, 2.75) is 58.4 Å². The molecule has 1 aromatic rings. The monoisotopic (exact) mass is 347 g/mol. The Morgan fingerprint density at radius 2 is 2.11 bits per heavy atom. The van der Waals surface area contributed by atoms with Gasteiger partial charge in [-0.3, -0.25) is 4.68 Å². The molecule has 1 unspecified atom stereocenters. The van der Waals surface area contributed by atoms with E-state index in [9.17, 15) is 0 Å². The van der Waals surface area contributed by atoms with Gasteiger partial charge >= 0.3 is 0 Å². The van der Waals surface area contributed by atoms with Crippen molar-refractivity contribution < 1.29 is 0 Å². The van der Waals surface area contributed by atoms with Gasteiger partial charge in [-0.2, -0.15) is 16.9 Å². The van der Waals surface area contributed by atoms with Crippen molar-refractivity contribution >= 4 is 27.7 Å². The van der Waals surface area contributed by atoms with Gasteiger partial charge in [-0.05, 0) is 35.8 Å². The molecule has 1 rings (SSSR count). The zero-order valence-corrected chi connectivity index (χ0v) is 15.1. The molecule has 0 radical (unpaired) electrons. The largest absolute Gasteiger partial charge is 0.308 e. The van der Waals surface area contributed by atoms with Gasteiger partial charge in [0, 0.05) is 17.0 Å². The molecule has 0 aliphatic rings. The molecule has 110 valence electrons. The van der Waals surface area contributed by atoms with Crippen LogP contribution in [0.15, 0.2) is 10.7 Å². The number of hydrogen-bond donors (Lipinski definition) is 1. The smallest absolute Gasteiger partial charge is 0.0703 e. The van der Waals surface area contributed by atoms with E-state index in [-0.39, 0.29) is 4.75 Å². The third-order valence-electron chi connectivity index (χ3n) is 2.79. The molecule has 0 spiro atoms. The Kier molecular flexibility index (Phi) is 6.91. The fourth-order valence-electron chi connectivity index (χ4n) is 1.86. The second-order valence-electron chi connectivity index (χ2n) is 5.62. The Hall–Kier alpha value is 0. The van der Waals surface area contributed by atoms with Crippen molar-refractivity contribution in [3.63, 3.8) is 0 Å². The summed E-state index contributed by atoms with van der Waals surface area (Å²) in [6, 6.07) is 0.348. The van der Waals surface area contributed by atoms with Crippen LogP contribution >= 0.6 is 27.7 Å². The number of nitrogens with one attached hydrogen (secondary N) is 1. The summed E-state index contributed by atoms with van der Waals surface area (Å²) in [5, 5.41) is 8.08. The first-order chi connectivity index (χ1) is 8.89. The minimum atomic E-state index is 0.287. The van der Waals surface area contributed by atoms with E-state index in [1.54, 1.807) is 0 Å². The quantitative estimate of drug-likeness (QED) is 0.799. The van der Waals surface area contributed by atoms with Crippen LogP contribution in [0.5, 0.6) is 0 Å². The van der Waals surface area contributed by atoms with Crippen LogP contribution in [0.1, 0.15) is 52.8 Å². The van der Waals surface area contributed by atoms with E-state index in [4.69, 9.17) is 0 Å². The molecule has 0 saturated carbocycles. The number of aromatic nitrogens is 2. The zero-order chi connectivity index (χ0) is 14.5. The van der Waals surface area contributed by atoms with Gasteiger partial charge in [0.2, 0.25) is 0 Å². The lowest BCUT2D eigenvalue weighted by Crippen LogP contribution is -2.28. The van der Waals surface area contributed by atoms with Crippen molar-refractivity contribution in [1.29, 1.82) is 0 Å². The second kappa shape index (κ2) is 7.70. The molecule has 0 bridgehead atoms. The second-order valence-corrected chi connectivity index (χ2v) is 8.32. The van der Waals surface area contributed by atoms with Crippen LogP contribution in [-0.4, -0.2) is 26.8 Å². The number of thioether (sulfide) groups is 1. The molecule has 0 aliphatic heterocycles. The predicted octanol–water partition coefficient (Wildman–Crippen LogP) is 4.24. The lowest BCUT2D eigenvalue weighted by molar-refractivity contribution is 0.511. The van der Waals surface area contributed by atoms with E-state index in [2.05, 4.69) is 65.6 Å². The Morgan fingerprint density at radius 3 is 2.63 bits per heavy atom. The Morgan fingerprint density at radius 1 is 1.42 bits per heavy atom. The molecule has 1 atom stereocenters.